The molecule has 3 saturated heterocycles. The lowest BCUT2D eigenvalue weighted by Crippen LogP contribution is -2.69. The van der Waals surface area contributed by atoms with Crippen LogP contribution in [0.3, 0.4) is 0 Å². The Morgan fingerprint density at radius 3 is 2.56 bits per heavy atom. The number of fused-ring (bicyclic) bond motifs is 3. The van der Waals surface area contributed by atoms with Gasteiger partial charge < -0.3 is 23.4 Å². The van der Waals surface area contributed by atoms with E-state index in [0.29, 0.717) is 12.8 Å². The summed E-state index contributed by atoms with van der Waals surface area (Å²) in [6, 6.07) is 1.81. The predicted octanol–water partition coefficient (Wildman–Crippen LogP) is 3.39. The maximum atomic E-state index is 14.2. The minimum atomic E-state index is -0.963. The van der Waals surface area contributed by atoms with E-state index in [0.717, 1.165) is 12.0 Å². The SMILES string of the molecule is CC1(C)OCCC(=O)OC[C@@H]2[C@H]1CC(=O)[C@]1(C)[C@@H]2CC[C@@]2(C)[C@H](c3ccoc3)OC(=O)[C@H]3O[C@]321. The van der Waals surface area contributed by atoms with Crippen LogP contribution in [0.4, 0.5) is 0 Å². The van der Waals surface area contributed by atoms with Gasteiger partial charge in [0, 0.05) is 29.2 Å². The molecule has 5 fully saturated rings. The Kier molecular flexibility index (Phi) is 4.55. The van der Waals surface area contributed by atoms with Crippen LogP contribution < -0.4 is 0 Å². The predicted molar refractivity (Wildman–Crippen MR) is 116 cm³/mol. The fourth-order valence-corrected chi connectivity index (χ4v) is 8.15. The van der Waals surface area contributed by atoms with Crippen LogP contribution in [0.2, 0.25) is 0 Å². The number of furan rings is 1. The highest BCUT2D eigenvalue weighted by Gasteiger charge is 2.87. The van der Waals surface area contributed by atoms with Crippen molar-refractivity contribution >= 4 is 17.7 Å². The van der Waals surface area contributed by atoms with Crippen molar-refractivity contribution in [2.45, 2.75) is 76.8 Å². The molecule has 1 aromatic heterocycles. The molecule has 0 bridgehead atoms. The first kappa shape index (κ1) is 22.3. The fraction of sp³-hybridized carbons (Fsp3) is 0.731. The van der Waals surface area contributed by atoms with E-state index in [2.05, 4.69) is 6.92 Å². The van der Waals surface area contributed by atoms with Crippen molar-refractivity contribution in [1.29, 1.82) is 0 Å². The summed E-state index contributed by atoms with van der Waals surface area (Å²) >= 11 is 0. The van der Waals surface area contributed by atoms with Gasteiger partial charge in [0.1, 0.15) is 17.5 Å². The van der Waals surface area contributed by atoms with Gasteiger partial charge in [-0.15, -0.1) is 0 Å². The van der Waals surface area contributed by atoms with E-state index in [-0.39, 0.29) is 49.1 Å². The fourth-order valence-electron chi connectivity index (χ4n) is 8.15. The van der Waals surface area contributed by atoms with Crippen molar-refractivity contribution in [3.63, 3.8) is 0 Å². The van der Waals surface area contributed by atoms with Crippen LogP contribution >= 0.6 is 0 Å². The molecule has 8 nitrogen and oxygen atoms in total. The van der Waals surface area contributed by atoms with Gasteiger partial charge in [0.15, 0.2) is 6.10 Å². The molecule has 5 aliphatic rings. The minimum absolute atomic E-state index is 0.0751. The number of rotatable bonds is 1. The molecule has 0 unspecified atom stereocenters. The van der Waals surface area contributed by atoms with Crippen LogP contribution in [0.15, 0.2) is 23.0 Å². The maximum Gasteiger partial charge on any atom is 0.339 e. The number of epoxide rings is 1. The number of ketones is 1. The van der Waals surface area contributed by atoms with Gasteiger partial charge in [0.05, 0.1) is 43.2 Å². The number of esters is 2. The molecule has 4 heterocycles. The number of cyclic esters (lactones) is 2. The van der Waals surface area contributed by atoms with Crippen LogP contribution in [-0.4, -0.2) is 48.2 Å². The van der Waals surface area contributed by atoms with Gasteiger partial charge >= 0.3 is 11.9 Å². The highest BCUT2D eigenvalue weighted by Crippen LogP contribution is 2.76. The molecule has 3 aliphatic heterocycles. The number of ether oxygens (including phenoxy) is 4. The normalized spacial score (nSPS) is 47.4. The summed E-state index contributed by atoms with van der Waals surface area (Å²) in [5.74, 6) is -0.895. The molecule has 2 saturated carbocycles. The number of hydrogen-bond acceptors (Lipinski definition) is 8. The summed E-state index contributed by atoms with van der Waals surface area (Å²) in [5.41, 5.74) is -2.27. The highest BCUT2D eigenvalue weighted by atomic mass is 16.7. The monoisotopic (exact) mass is 472 g/mol. The topological polar surface area (TPSA) is 105 Å². The number of Topliss-reactive ketones (excluding diaryl/α,β-unsaturated/α-hetero) is 1. The first-order valence-corrected chi connectivity index (χ1v) is 12.3. The summed E-state index contributed by atoms with van der Waals surface area (Å²) in [7, 11) is 0. The van der Waals surface area contributed by atoms with Gasteiger partial charge in [-0.3, -0.25) is 9.59 Å². The van der Waals surface area contributed by atoms with Crippen molar-refractivity contribution in [1.82, 2.24) is 0 Å². The zero-order valence-electron chi connectivity index (χ0n) is 20.1. The second kappa shape index (κ2) is 6.94. The van der Waals surface area contributed by atoms with Crippen molar-refractivity contribution in [2.75, 3.05) is 13.2 Å². The van der Waals surface area contributed by atoms with Crippen LogP contribution in [0.25, 0.3) is 0 Å². The average Bonchev–Trinajstić information content (AvgIpc) is 3.34. The lowest BCUT2D eigenvalue weighted by atomic mass is 9.41. The summed E-state index contributed by atoms with van der Waals surface area (Å²) in [5, 5.41) is 0. The average molecular weight is 473 g/mol. The van der Waals surface area contributed by atoms with Crippen LogP contribution in [0, 0.1) is 28.6 Å². The third kappa shape index (κ3) is 2.59. The molecule has 184 valence electrons. The lowest BCUT2D eigenvalue weighted by molar-refractivity contribution is -0.210. The Morgan fingerprint density at radius 1 is 1.03 bits per heavy atom. The molecule has 0 N–H and O–H groups in total. The first-order chi connectivity index (χ1) is 16.1. The molecule has 2 aliphatic carbocycles. The molecule has 8 heteroatoms. The van der Waals surface area contributed by atoms with Gasteiger partial charge in [-0.2, -0.15) is 0 Å². The molecule has 1 aromatic rings. The molecule has 1 spiro atoms. The van der Waals surface area contributed by atoms with Crippen LogP contribution in [0.1, 0.15) is 65.0 Å². The van der Waals surface area contributed by atoms with Crippen molar-refractivity contribution in [2.24, 2.45) is 28.6 Å². The third-order valence-electron chi connectivity index (χ3n) is 9.95. The molecular weight excluding hydrogens is 440 g/mol. The molecular formula is C26H32O8. The van der Waals surface area contributed by atoms with E-state index >= 15 is 0 Å². The summed E-state index contributed by atoms with van der Waals surface area (Å²) in [4.78, 5) is 39.5. The van der Waals surface area contributed by atoms with E-state index < -0.39 is 40.2 Å². The Hall–Kier alpha value is -2.19. The molecule has 0 amide bonds. The zero-order chi connectivity index (χ0) is 24.1. The summed E-state index contributed by atoms with van der Waals surface area (Å²) in [6.07, 6.45) is 3.78. The second-order valence-corrected chi connectivity index (χ2v) is 11.7. The van der Waals surface area contributed by atoms with Gasteiger partial charge in [-0.1, -0.05) is 6.92 Å². The minimum Gasteiger partial charge on any atom is -0.472 e. The maximum absolute atomic E-state index is 14.2. The van der Waals surface area contributed by atoms with E-state index in [1.165, 1.54) is 0 Å². The van der Waals surface area contributed by atoms with Crippen molar-refractivity contribution in [3.05, 3.63) is 24.2 Å². The largest absolute Gasteiger partial charge is 0.472 e. The number of carbonyl (C=O) groups is 3. The van der Waals surface area contributed by atoms with E-state index in [4.69, 9.17) is 23.4 Å². The molecule has 8 atom stereocenters. The van der Waals surface area contributed by atoms with E-state index in [1.807, 2.05) is 26.8 Å². The first-order valence-electron chi connectivity index (χ1n) is 12.3. The molecule has 34 heavy (non-hydrogen) atoms. The molecule has 0 radical (unpaired) electrons. The molecule has 6 rings (SSSR count). The van der Waals surface area contributed by atoms with Crippen molar-refractivity contribution in [3.8, 4) is 0 Å². The van der Waals surface area contributed by atoms with E-state index in [9.17, 15) is 14.4 Å². The quantitative estimate of drug-likeness (QED) is 0.453. The number of carbonyl (C=O) groups excluding carboxylic acids is 3. The smallest absolute Gasteiger partial charge is 0.339 e. The molecule has 0 aromatic carbocycles. The zero-order valence-corrected chi connectivity index (χ0v) is 20.1. The lowest BCUT2D eigenvalue weighted by Gasteiger charge is -2.62. The second-order valence-electron chi connectivity index (χ2n) is 11.7. The van der Waals surface area contributed by atoms with Gasteiger partial charge in [0.2, 0.25) is 0 Å². The summed E-state index contributed by atoms with van der Waals surface area (Å²) in [6.45, 7) is 8.58. The van der Waals surface area contributed by atoms with Crippen molar-refractivity contribution < 1.29 is 37.7 Å². The Balaban J connectivity index is 1.46. The van der Waals surface area contributed by atoms with Gasteiger partial charge in [0.25, 0.3) is 0 Å². The Morgan fingerprint density at radius 2 is 1.82 bits per heavy atom. The third-order valence-corrected chi connectivity index (χ3v) is 9.95. The van der Waals surface area contributed by atoms with Crippen LogP contribution in [0.5, 0.6) is 0 Å². The van der Waals surface area contributed by atoms with Gasteiger partial charge in [-0.25, -0.2) is 4.79 Å². The van der Waals surface area contributed by atoms with Gasteiger partial charge in [-0.05, 0) is 45.6 Å². The Bertz CT molecular complexity index is 1050. The van der Waals surface area contributed by atoms with E-state index in [1.54, 1.807) is 12.5 Å². The highest BCUT2D eigenvalue weighted by molar-refractivity contribution is 5.93. The Labute approximate surface area is 198 Å². The number of hydrogen-bond donors (Lipinski definition) is 0. The standard InChI is InChI=1S/C26H32O8/c1-23(2)17-11-18(27)25(4)16(15(17)13-31-19(28)7-10-32-23)5-8-24(3)20(14-6-9-30-12-14)33-22(29)21-26(24,25)34-21/h6,9,12,15-17,20-21H,5,7-8,10-11,13H2,1-4H3/t15-,16+,17+,20-,21+,24-,25-,26+/m0/s1. The summed E-state index contributed by atoms with van der Waals surface area (Å²) < 4.78 is 29.3. The van der Waals surface area contributed by atoms with Crippen LogP contribution in [-0.2, 0) is 33.3 Å².